The van der Waals surface area contributed by atoms with Gasteiger partial charge < -0.3 is 5.32 Å². The normalized spacial score (nSPS) is 21.6. The highest BCUT2D eigenvalue weighted by atomic mass is 35.5. The second-order valence-electron chi connectivity index (χ2n) is 6.53. The lowest BCUT2D eigenvalue weighted by Gasteiger charge is -2.24. The van der Waals surface area contributed by atoms with Gasteiger partial charge in [-0.15, -0.1) is 11.6 Å². The molecule has 1 amide bonds. The molecule has 1 fully saturated rings. The monoisotopic (exact) mass is 293 g/mol. The molecule has 0 aromatic heterocycles. The molecule has 0 bridgehead atoms. The number of hydrogen-bond acceptors (Lipinski definition) is 1. The van der Waals surface area contributed by atoms with Crippen LogP contribution in [0.1, 0.15) is 44.6 Å². The predicted octanol–water partition coefficient (Wildman–Crippen LogP) is 3.95. The van der Waals surface area contributed by atoms with Gasteiger partial charge in [-0.25, -0.2) is 0 Å². The van der Waals surface area contributed by atoms with Gasteiger partial charge in [-0.3, -0.25) is 4.79 Å². The summed E-state index contributed by atoms with van der Waals surface area (Å²) in [7, 11) is 0. The van der Waals surface area contributed by atoms with E-state index in [1.807, 2.05) is 18.2 Å². The number of benzene rings is 1. The molecular formula is C17H24ClNO. The Kier molecular flexibility index (Phi) is 5.09. The minimum atomic E-state index is 0.127. The van der Waals surface area contributed by atoms with Crippen molar-refractivity contribution in [3.05, 3.63) is 35.9 Å². The Bertz CT molecular complexity index is 444. The Balaban J connectivity index is 1.77. The molecule has 20 heavy (non-hydrogen) atoms. The minimum absolute atomic E-state index is 0.127. The standard InChI is InChI=1S/C17H24ClNO/c1-17(2,9-6-10-18)12-19-16(20)15-11-14(15)13-7-4-3-5-8-13/h3-5,7-8,14-15H,6,9-12H2,1-2H3,(H,19,20). The fourth-order valence-corrected chi connectivity index (χ4v) is 2.78. The molecule has 2 atom stereocenters. The van der Waals surface area contributed by atoms with E-state index in [1.165, 1.54) is 5.56 Å². The summed E-state index contributed by atoms with van der Waals surface area (Å²) in [6.45, 7) is 5.10. The molecule has 1 aromatic rings. The lowest BCUT2D eigenvalue weighted by Crippen LogP contribution is -2.35. The number of carbonyl (C=O) groups excluding carboxylic acids is 1. The Labute approximate surface area is 126 Å². The number of carbonyl (C=O) groups is 1. The van der Waals surface area contributed by atoms with Crippen LogP contribution in [0.15, 0.2) is 30.3 Å². The van der Waals surface area contributed by atoms with Crippen LogP contribution in [0.4, 0.5) is 0 Å². The molecule has 3 heteroatoms. The molecule has 1 aromatic carbocycles. The van der Waals surface area contributed by atoms with E-state index in [-0.39, 0.29) is 17.2 Å². The predicted molar refractivity (Wildman–Crippen MR) is 84.0 cm³/mol. The molecule has 0 saturated heterocycles. The van der Waals surface area contributed by atoms with Crippen molar-refractivity contribution >= 4 is 17.5 Å². The van der Waals surface area contributed by atoms with E-state index in [0.29, 0.717) is 11.8 Å². The molecule has 1 N–H and O–H groups in total. The summed E-state index contributed by atoms with van der Waals surface area (Å²) in [4.78, 5) is 12.2. The van der Waals surface area contributed by atoms with E-state index in [4.69, 9.17) is 11.6 Å². The van der Waals surface area contributed by atoms with Crippen LogP contribution in [0.3, 0.4) is 0 Å². The second kappa shape index (κ2) is 6.62. The van der Waals surface area contributed by atoms with Gasteiger partial charge in [-0.05, 0) is 36.2 Å². The minimum Gasteiger partial charge on any atom is -0.355 e. The third-order valence-electron chi connectivity index (χ3n) is 4.08. The van der Waals surface area contributed by atoms with Crippen molar-refractivity contribution in [3.63, 3.8) is 0 Å². The number of nitrogens with one attached hydrogen (secondary N) is 1. The SMILES string of the molecule is CC(C)(CCCCl)CNC(=O)C1CC1c1ccccc1. The van der Waals surface area contributed by atoms with E-state index < -0.39 is 0 Å². The van der Waals surface area contributed by atoms with E-state index in [1.54, 1.807) is 0 Å². The summed E-state index contributed by atoms with van der Waals surface area (Å²) in [6, 6.07) is 10.3. The largest absolute Gasteiger partial charge is 0.355 e. The Morgan fingerprint density at radius 3 is 2.70 bits per heavy atom. The van der Waals surface area contributed by atoms with Crippen LogP contribution in [-0.4, -0.2) is 18.3 Å². The van der Waals surface area contributed by atoms with Crippen molar-refractivity contribution in [3.8, 4) is 0 Å². The summed E-state index contributed by atoms with van der Waals surface area (Å²) in [5, 5.41) is 3.11. The molecule has 0 radical (unpaired) electrons. The van der Waals surface area contributed by atoms with Crippen molar-refractivity contribution in [2.75, 3.05) is 12.4 Å². The fourth-order valence-electron chi connectivity index (χ4n) is 2.64. The quantitative estimate of drug-likeness (QED) is 0.758. The van der Waals surface area contributed by atoms with Crippen LogP contribution >= 0.6 is 11.6 Å². The first-order valence-corrected chi connectivity index (χ1v) is 7.95. The summed E-state index contributed by atoms with van der Waals surface area (Å²) >= 11 is 5.73. The first kappa shape index (κ1) is 15.4. The zero-order chi connectivity index (χ0) is 14.6. The average Bonchev–Trinajstić information content (AvgIpc) is 3.24. The molecule has 2 unspecified atom stereocenters. The zero-order valence-corrected chi connectivity index (χ0v) is 13.1. The van der Waals surface area contributed by atoms with Crippen molar-refractivity contribution in [2.45, 2.75) is 39.0 Å². The van der Waals surface area contributed by atoms with Crippen LogP contribution in [-0.2, 0) is 4.79 Å². The molecule has 110 valence electrons. The van der Waals surface area contributed by atoms with E-state index in [0.717, 1.165) is 25.8 Å². The number of amides is 1. The maximum Gasteiger partial charge on any atom is 0.223 e. The van der Waals surface area contributed by atoms with Crippen molar-refractivity contribution in [2.24, 2.45) is 11.3 Å². The highest BCUT2D eigenvalue weighted by Crippen LogP contribution is 2.47. The molecule has 2 nitrogen and oxygen atoms in total. The lowest BCUT2D eigenvalue weighted by molar-refractivity contribution is -0.122. The third kappa shape index (κ3) is 4.24. The smallest absolute Gasteiger partial charge is 0.223 e. The Morgan fingerprint density at radius 2 is 2.05 bits per heavy atom. The molecule has 1 saturated carbocycles. The molecule has 0 aliphatic heterocycles. The number of alkyl halides is 1. The molecule has 2 rings (SSSR count). The highest BCUT2D eigenvalue weighted by molar-refractivity contribution is 6.17. The fraction of sp³-hybridized carbons (Fsp3) is 0.588. The van der Waals surface area contributed by atoms with Crippen molar-refractivity contribution < 1.29 is 4.79 Å². The van der Waals surface area contributed by atoms with Crippen LogP contribution in [0.5, 0.6) is 0 Å². The molecule has 0 spiro atoms. The topological polar surface area (TPSA) is 29.1 Å². The van der Waals surface area contributed by atoms with Crippen LogP contribution in [0.2, 0.25) is 0 Å². The maximum atomic E-state index is 12.2. The van der Waals surface area contributed by atoms with Crippen LogP contribution in [0, 0.1) is 11.3 Å². The average molecular weight is 294 g/mol. The molecule has 1 aliphatic rings. The second-order valence-corrected chi connectivity index (χ2v) is 6.91. The van der Waals surface area contributed by atoms with E-state index >= 15 is 0 Å². The van der Waals surface area contributed by atoms with Crippen LogP contribution < -0.4 is 5.32 Å². The lowest BCUT2D eigenvalue weighted by atomic mass is 9.88. The first-order valence-electron chi connectivity index (χ1n) is 7.42. The summed E-state index contributed by atoms with van der Waals surface area (Å²) in [6.07, 6.45) is 3.03. The molecule has 0 heterocycles. The van der Waals surface area contributed by atoms with Gasteiger partial charge in [-0.1, -0.05) is 44.2 Å². The Morgan fingerprint density at radius 1 is 1.35 bits per heavy atom. The van der Waals surface area contributed by atoms with Gasteiger partial charge in [0.15, 0.2) is 0 Å². The summed E-state index contributed by atoms with van der Waals surface area (Å²) in [5.41, 5.74) is 1.41. The summed E-state index contributed by atoms with van der Waals surface area (Å²) in [5.74, 6) is 1.48. The van der Waals surface area contributed by atoms with Gasteiger partial charge in [-0.2, -0.15) is 0 Å². The van der Waals surface area contributed by atoms with Gasteiger partial charge in [0.2, 0.25) is 5.91 Å². The number of hydrogen-bond donors (Lipinski definition) is 1. The van der Waals surface area contributed by atoms with Gasteiger partial charge in [0.1, 0.15) is 0 Å². The van der Waals surface area contributed by atoms with Gasteiger partial charge in [0, 0.05) is 18.3 Å². The number of rotatable bonds is 7. The third-order valence-corrected chi connectivity index (χ3v) is 4.35. The van der Waals surface area contributed by atoms with E-state index in [2.05, 4.69) is 31.3 Å². The maximum absolute atomic E-state index is 12.2. The van der Waals surface area contributed by atoms with Crippen molar-refractivity contribution in [1.29, 1.82) is 0 Å². The molecule has 1 aliphatic carbocycles. The van der Waals surface area contributed by atoms with Gasteiger partial charge in [0.05, 0.1) is 0 Å². The van der Waals surface area contributed by atoms with Crippen molar-refractivity contribution in [1.82, 2.24) is 5.32 Å². The molecular weight excluding hydrogens is 270 g/mol. The van der Waals surface area contributed by atoms with E-state index in [9.17, 15) is 4.79 Å². The number of halogens is 1. The Hall–Kier alpha value is -1.02. The summed E-state index contributed by atoms with van der Waals surface area (Å²) < 4.78 is 0. The van der Waals surface area contributed by atoms with Gasteiger partial charge in [0.25, 0.3) is 0 Å². The first-order chi connectivity index (χ1) is 9.53. The van der Waals surface area contributed by atoms with Gasteiger partial charge >= 0.3 is 0 Å². The zero-order valence-electron chi connectivity index (χ0n) is 12.4. The van der Waals surface area contributed by atoms with Crippen LogP contribution in [0.25, 0.3) is 0 Å². The highest BCUT2D eigenvalue weighted by Gasteiger charge is 2.43.